The largest absolute Gasteiger partial charge is 0.573 e. The average Bonchev–Trinajstić information content (AvgIpc) is 3.20. The zero-order valence-corrected chi connectivity index (χ0v) is 15.1. The highest BCUT2D eigenvalue weighted by atomic mass is 19.4. The summed E-state index contributed by atoms with van der Waals surface area (Å²) < 4.78 is 61.5. The van der Waals surface area contributed by atoms with Gasteiger partial charge in [-0.25, -0.2) is 4.79 Å². The lowest BCUT2D eigenvalue weighted by atomic mass is 10.2. The lowest BCUT2D eigenvalue weighted by Crippen LogP contribution is -2.37. The maximum atomic E-state index is 12.2. The average molecular weight is 422 g/mol. The van der Waals surface area contributed by atoms with E-state index in [1.165, 1.54) is 12.1 Å². The Labute approximate surface area is 167 Å². The van der Waals surface area contributed by atoms with E-state index < -0.39 is 18.4 Å². The van der Waals surface area contributed by atoms with Crippen molar-refractivity contribution in [2.45, 2.75) is 19.1 Å². The van der Waals surface area contributed by atoms with Crippen LogP contribution in [0, 0.1) is 0 Å². The van der Waals surface area contributed by atoms with Crippen LogP contribution in [0.2, 0.25) is 0 Å². The Kier molecular flexibility index (Phi) is 5.17. The molecule has 0 N–H and O–H groups in total. The number of benzene rings is 2. The minimum absolute atomic E-state index is 0.00270. The highest BCUT2D eigenvalue weighted by molar-refractivity contribution is 5.76. The van der Waals surface area contributed by atoms with Crippen molar-refractivity contribution in [1.82, 2.24) is 10.1 Å². The molecule has 1 aliphatic heterocycles. The van der Waals surface area contributed by atoms with Gasteiger partial charge in [-0.05, 0) is 36.4 Å². The summed E-state index contributed by atoms with van der Waals surface area (Å²) in [6.45, 7) is -0.306. The van der Waals surface area contributed by atoms with Gasteiger partial charge in [0, 0.05) is 5.56 Å². The van der Waals surface area contributed by atoms with Crippen LogP contribution in [0.25, 0.3) is 11.4 Å². The Morgan fingerprint density at radius 3 is 2.57 bits per heavy atom. The smallest absolute Gasteiger partial charge is 0.485 e. The first-order chi connectivity index (χ1) is 14.4. The third kappa shape index (κ3) is 4.62. The molecular formula is C19H13F3N2O6. The predicted molar refractivity (Wildman–Crippen MR) is 92.6 cm³/mol. The SMILES string of the molecule is O=C(OCc1nc(-c2ccc(OC(F)(F)F)cc2)no1)[C@@H]1COc2ccccc2O1. The molecule has 8 nitrogen and oxygen atoms in total. The Hall–Kier alpha value is -3.76. The summed E-state index contributed by atoms with van der Waals surface area (Å²) in [6, 6.07) is 11.8. The van der Waals surface area contributed by atoms with E-state index in [0.29, 0.717) is 17.1 Å². The van der Waals surface area contributed by atoms with Crippen LogP contribution in [0.4, 0.5) is 13.2 Å². The van der Waals surface area contributed by atoms with Crippen LogP contribution in [0.15, 0.2) is 53.1 Å². The van der Waals surface area contributed by atoms with Gasteiger partial charge in [-0.2, -0.15) is 4.98 Å². The third-order valence-electron chi connectivity index (χ3n) is 3.92. The molecule has 3 aromatic rings. The molecule has 0 bridgehead atoms. The van der Waals surface area contributed by atoms with Crippen molar-refractivity contribution < 1.29 is 41.4 Å². The second-order valence-corrected chi connectivity index (χ2v) is 6.06. The number of aromatic nitrogens is 2. The molecule has 1 aliphatic rings. The zero-order chi connectivity index (χ0) is 21.1. The van der Waals surface area contributed by atoms with E-state index in [1.807, 2.05) is 0 Å². The molecule has 1 atom stereocenters. The maximum absolute atomic E-state index is 12.2. The fraction of sp³-hybridized carbons (Fsp3) is 0.211. The van der Waals surface area contributed by atoms with Gasteiger partial charge >= 0.3 is 12.3 Å². The number of ether oxygens (including phenoxy) is 4. The Morgan fingerprint density at radius 1 is 1.10 bits per heavy atom. The fourth-order valence-electron chi connectivity index (χ4n) is 2.60. The predicted octanol–water partition coefficient (Wildman–Crippen LogP) is 3.52. The molecule has 30 heavy (non-hydrogen) atoms. The monoisotopic (exact) mass is 422 g/mol. The highest BCUT2D eigenvalue weighted by Crippen LogP contribution is 2.31. The molecule has 0 fully saturated rings. The molecule has 2 heterocycles. The highest BCUT2D eigenvalue weighted by Gasteiger charge is 2.31. The molecule has 1 aromatic heterocycles. The number of esters is 1. The Bertz CT molecular complexity index is 1040. The van der Waals surface area contributed by atoms with Crippen LogP contribution >= 0.6 is 0 Å². The number of hydrogen-bond acceptors (Lipinski definition) is 8. The van der Waals surface area contributed by atoms with E-state index in [9.17, 15) is 18.0 Å². The minimum Gasteiger partial charge on any atom is -0.485 e. The number of hydrogen-bond donors (Lipinski definition) is 0. The van der Waals surface area contributed by atoms with E-state index in [4.69, 9.17) is 18.7 Å². The van der Waals surface area contributed by atoms with Gasteiger partial charge < -0.3 is 23.5 Å². The van der Waals surface area contributed by atoms with Crippen LogP contribution < -0.4 is 14.2 Å². The Balaban J connectivity index is 1.33. The van der Waals surface area contributed by atoms with E-state index in [1.54, 1.807) is 24.3 Å². The van der Waals surface area contributed by atoms with Crippen molar-refractivity contribution in [3.63, 3.8) is 0 Å². The number of alkyl halides is 3. The summed E-state index contributed by atoms with van der Waals surface area (Å²) in [6.07, 6.45) is -5.72. The molecule has 11 heteroatoms. The van der Waals surface area contributed by atoms with Gasteiger partial charge in [0.2, 0.25) is 11.9 Å². The normalized spacial score (nSPS) is 15.5. The number of nitrogens with zero attached hydrogens (tertiary/aromatic N) is 2. The van der Waals surface area contributed by atoms with Crippen LogP contribution in [0.3, 0.4) is 0 Å². The first-order valence-corrected chi connectivity index (χ1v) is 8.61. The molecule has 156 valence electrons. The number of carbonyl (C=O) groups excluding carboxylic acids is 1. The van der Waals surface area contributed by atoms with Crippen molar-refractivity contribution >= 4 is 5.97 Å². The molecule has 0 aliphatic carbocycles. The standard InChI is InChI=1S/C19H13F3N2O6/c20-19(21,22)29-12-7-5-11(6-8-12)17-23-16(30-24-17)10-27-18(25)15-9-26-13-3-1-2-4-14(13)28-15/h1-8,15H,9-10H2/t15-/m0/s1. The van der Waals surface area contributed by atoms with Crippen LogP contribution in [0.5, 0.6) is 17.2 Å². The number of fused-ring (bicyclic) bond motifs is 1. The van der Waals surface area contributed by atoms with E-state index in [-0.39, 0.29) is 30.7 Å². The quantitative estimate of drug-likeness (QED) is 0.577. The molecule has 0 radical (unpaired) electrons. The number of halogens is 3. The van der Waals surface area contributed by atoms with E-state index >= 15 is 0 Å². The lowest BCUT2D eigenvalue weighted by molar-refractivity contribution is -0.274. The fourth-order valence-corrected chi connectivity index (χ4v) is 2.60. The summed E-state index contributed by atoms with van der Waals surface area (Å²) in [5.41, 5.74) is 0.395. The lowest BCUT2D eigenvalue weighted by Gasteiger charge is -2.24. The molecule has 0 unspecified atom stereocenters. The minimum atomic E-state index is -4.78. The third-order valence-corrected chi connectivity index (χ3v) is 3.92. The first kappa shape index (κ1) is 19.6. The van der Waals surface area contributed by atoms with Gasteiger partial charge in [0.15, 0.2) is 18.1 Å². The molecule has 2 aromatic carbocycles. The summed E-state index contributed by atoms with van der Waals surface area (Å²) in [4.78, 5) is 16.2. The van der Waals surface area contributed by atoms with Crippen molar-refractivity contribution in [2.24, 2.45) is 0 Å². The number of carbonyl (C=O) groups is 1. The van der Waals surface area contributed by atoms with Gasteiger partial charge in [-0.1, -0.05) is 17.3 Å². The van der Waals surface area contributed by atoms with Gasteiger partial charge in [0.1, 0.15) is 12.4 Å². The summed E-state index contributed by atoms with van der Waals surface area (Å²) >= 11 is 0. The van der Waals surface area contributed by atoms with E-state index in [2.05, 4.69) is 14.9 Å². The molecule has 0 amide bonds. The van der Waals surface area contributed by atoms with Crippen LogP contribution in [-0.4, -0.2) is 35.2 Å². The van der Waals surface area contributed by atoms with Gasteiger partial charge in [-0.3, -0.25) is 0 Å². The second-order valence-electron chi connectivity index (χ2n) is 6.06. The molecule has 0 saturated carbocycles. The van der Waals surface area contributed by atoms with Crippen molar-refractivity contribution in [1.29, 1.82) is 0 Å². The van der Waals surface area contributed by atoms with Gasteiger partial charge in [-0.15, -0.1) is 13.2 Å². The number of para-hydroxylation sites is 2. The molecular weight excluding hydrogens is 409 g/mol. The van der Waals surface area contributed by atoms with Crippen LogP contribution in [0.1, 0.15) is 5.89 Å². The first-order valence-electron chi connectivity index (χ1n) is 8.61. The van der Waals surface area contributed by atoms with Crippen molar-refractivity contribution in [2.75, 3.05) is 6.61 Å². The Morgan fingerprint density at radius 2 is 1.83 bits per heavy atom. The van der Waals surface area contributed by atoms with Crippen molar-refractivity contribution in [3.05, 3.63) is 54.4 Å². The topological polar surface area (TPSA) is 92.9 Å². The van der Waals surface area contributed by atoms with E-state index in [0.717, 1.165) is 12.1 Å². The molecule has 0 spiro atoms. The molecule has 4 rings (SSSR count). The maximum Gasteiger partial charge on any atom is 0.573 e. The zero-order valence-electron chi connectivity index (χ0n) is 15.1. The van der Waals surface area contributed by atoms with Gasteiger partial charge in [0.05, 0.1) is 0 Å². The van der Waals surface area contributed by atoms with Crippen molar-refractivity contribution in [3.8, 4) is 28.6 Å². The van der Waals surface area contributed by atoms with Gasteiger partial charge in [0.25, 0.3) is 5.89 Å². The second kappa shape index (κ2) is 7.93. The number of rotatable bonds is 5. The summed E-state index contributed by atoms with van der Waals surface area (Å²) in [7, 11) is 0. The summed E-state index contributed by atoms with van der Waals surface area (Å²) in [5.74, 6) is 0.0495. The molecule has 0 saturated heterocycles. The van der Waals surface area contributed by atoms with Crippen LogP contribution in [-0.2, 0) is 16.1 Å². The summed E-state index contributed by atoms with van der Waals surface area (Å²) in [5, 5.41) is 3.71.